The van der Waals surface area contributed by atoms with Gasteiger partial charge in [0, 0.05) is 31.7 Å². The van der Waals surface area contributed by atoms with Crippen LogP contribution in [0.4, 0.5) is 5.82 Å². The molecule has 0 aliphatic carbocycles. The molecular formula is C13H21N3O. The van der Waals surface area contributed by atoms with Gasteiger partial charge >= 0.3 is 0 Å². The van der Waals surface area contributed by atoms with Gasteiger partial charge in [-0.1, -0.05) is 6.92 Å². The van der Waals surface area contributed by atoms with Crippen LogP contribution in [0.5, 0.6) is 5.88 Å². The van der Waals surface area contributed by atoms with Gasteiger partial charge in [0.2, 0.25) is 5.88 Å². The Labute approximate surface area is 103 Å². The molecule has 4 heteroatoms. The molecule has 0 saturated carbocycles. The van der Waals surface area contributed by atoms with Crippen molar-refractivity contribution in [1.29, 1.82) is 0 Å². The van der Waals surface area contributed by atoms with Gasteiger partial charge in [-0.3, -0.25) is 0 Å². The molecular weight excluding hydrogens is 214 g/mol. The average Bonchev–Trinajstić information content (AvgIpc) is 2.61. The first-order valence-corrected chi connectivity index (χ1v) is 6.28. The van der Waals surface area contributed by atoms with Gasteiger partial charge < -0.3 is 15.0 Å². The Morgan fingerprint density at radius 2 is 2.35 bits per heavy atom. The van der Waals surface area contributed by atoms with Crippen LogP contribution in [0, 0.1) is 0 Å². The van der Waals surface area contributed by atoms with Gasteiger partial charge in [-0.2, -0.15) is 4.98 Å². The van der Waals surface area contributed by atoms with Crippen molar-refractivity contribution < 1.29 is 4.74 Å². The number of hydrogen-bond donors (Lipinski definition) is 1. The zero-order valence-electron chi connectivity index (χ0n) is 10.9. The molecule has 0 spiro atoms. The number of ether oxygens (including phenoxy) is 1. The van der Waals surface area contributed by atoms with Gasteiger partial charge in [-0.15, -0.1) is 0 Å². The molecule has 94 valence electrons. The molecule has 0 unspecified atom stereocenters. The van der Waals surface area contributed by atoms with Crippen molar-refractivity contribution in [3.63, 3.8) is 0 Å². The van der Waals surface area contributed by atoms with E-state index in [-0.39, 0.29) is 0 Å². The second kappa shape index (κ2) is 5.36. The van der Waals surface area contributed by atoms with Crippen molar-refractivity contribution in [2.75, 3.05) is 25.1 Å². The highest BCUT2D eigenvalue weighted by Crippen LogP contribution is 2.23. The first-order valence-electron chi connectivity index (χ1n) is 6.28. The molecule has 17 heavy (non-hydrogen) atoms. The molecule has 1 aromatic rings. The Balaban J connectivity index is 2.23. The summed E-state index contributed by atoms with van der Waals surface area (Å²) in [6, 6.07) is 4.67. The molecule has 2 rings (SSSR count). The number of anilines is 1. The van der Waals surface area contributed by atoms with Crippen LogP contribution in [-0.4, -0.2) is 31.2 Å². The number of nitrogens with zero attached hydrogens (tertiary/aromatic N) is 2. The lowest BCUT2D eigenvalue weighted by molar-refractivity contribution is 0.314. The Morgan fingerprint density at radius 1 is 1.53 bits per heavy atom. The zero-order valence-corrected chi connectivity index (χ0v) is 10.9. The normalized spacial score (nSPS) is 16.6. The maximum Gasteiger partial charge on any atom is 0.219 e. The standard InChI is InChI=1S/C13H21N3O/c1-4-10(2)16(3)12-6-5-11-9-14-7-8-17-13(11)15-12/h5-6,10,14H,4,7-9H2,1-3H3/t10-/m1/s1. The maximum atomic E-state index is 5.65. The second-order valence-electron chi connectivity index (χ2n) is 4.53. The van der Waals surface area contributed by atoms with Crippen molar-refractivity contribution in [3.05, 3.63) is 17.7 Å². The number of nitrogens with one attached hydrogen (secondary N) is 1. The Hall–Kier alpha value is -1.29. The molecule has 2 heterocycles. The van der Waals surface area contributed by atoms with Crippen LogP contribution >= 0.6 is 0 Å². The summed E-state index contributed by atoms with van der Waals surface area (Å²) in [6.45, 7) is 6.81. The summed E-state index contributed by atoms with van der Waals surface area (Å²) < 4.78 is 5.65. The van der Waals surface area contributed by atoms with Crippen molar-refractivity contribution in [1.82, 2.24) is 10.3 Å². The molecule has 0 radical (unpaired) electrons. The molecule has 0 saturated heterocycles. The molecule has 1 N–H and O–H groups in total. The van der Waals surface area contributed by atoms with Gasteiger partial charge in [0.15, 0.2) is 0 Å². The summed E-state index contributed by atoms with van der Waals surface area (Å²) in [7, 11) is 2.08. The maximum absolute atomic E-state index is 5.65. The largest absolute Gasteiger partial charge is 0.476 e. The number of hydrogen-bond acceptors (Lipinski definition) is 4. The SMILES string of the molecule is CC[C@@H](C)N(C)c1ccc2c(n1)OCCNC2. The fourth-order valence-electron chi connectivity index (χ4n) is 1.86. The predicted molar refractivity (Wildman–Crippen MR) is 69.6 cm³/mol. The highest BCUT2D eigenvalue weighted by molar-refractivity contribution is 5.44. The minimum Gasteiger partial charge on any atom is -0.476 e. The van der Waals surface area contributed by atoms with Gasteiger partial charge in [-0.25, -0.2) is 0 Å². The summed E-state index contributed by atoms with van der Waals surface area (Å²) in [5, 5.41) is 3.31. The van der Waals surface area contributed by atoms with Crippen molar-refractivity contribution in [2.24, 2.45) is 0 Å². The summed E-state index contributed by atoms with van der Waals surface area (Å²) in [4.78, 5) is 6.80. The van der Waals surface area contributed by atoms with E-state index >= 15 is 0 Å². The van der Waals surface area contributed by atoms with Gasteiger partial charge in [0.1, 0.15) is 12.4 Å². The Bertz CT molecular complexity index is 381. The third kappa shape index (κ3) is 2.69. The first-order chi connectivity index (χ1) is 8.22. The molecule has 0 aromatic carbocycles. The van der Waals surface area contributed by atoms with E-state index < -0.39 is 0 Å². The number of rotatable bonds is 3. The Kier molecular flexibility index (Phi) is 3.84. The van der Waals surface area contributed by atoms with Crippen molar-refractivity contribution >= 4 is 5.82 Å². The average molecular weight is 235 g/mol. The molecule has 1 atom stereocenters. The van der Waals surface area contributed by atoms with Crippen LogP contribution in [0.3, 0.4) is 0 Å². The van der Waals surface area contributed by atoms with Crippen molar-refractivity contribution in [3.8, 4) is 5.88 Å². The predicted octanol–water partition coefficient (Wildman–Crippen LogP) is 1.80. The van der Waals surface area contributed by atoms with E-state index in [1.165, 1.54) is 0 Å². The highest BCUT2D eigenvalue weighted by atomic mass is 16.5. The number of pyridine rings is 1. The molecule has 0 fully saturated rings. The monoisotopic (exact) mass is 235 g/mol. The molecule has 1 aliphatic rings. The summed E-state index contributed by atoms with van der Waals surface area (Å²) in [6.07, 6.45) is 1.11. The van der Waals surface area contributed by atoms with E-state index in [4.69, 9.17) is 4.74 Å². The zero-order chi connectivity index (χ0) is 12.3. The van der Waals surface area contributed by atoms with Crippen LogP contribution in [0.25, 0.3) is 0 Å². The van der Waals surface area contributed by atoms with E-state index in [2.05, 4.69) is 48.2 Å². The molecule has 4 nitrogen and oxygen atoms in total. The third-order valence-corrected chi connectivity index (χ3v) is 3.37. The lowest BCUT2D eigenvalue weighted by Gasteiger charge is -2.25. The smallest absolute Gasteiger partial charge is 0.219 e. The highest BCUT2D eigenvalue weighted by Gasteiger charge is 2.14. The fourth-order valence-corrected chi connectivity index (χ4v) is 1.86. The minimum absolute atomic E-state index is 0.490. The van der Waals surface area contributed by atoms with Gasteiger partial charge in [0.05, 0.1) is 0 Å². The van der Waals surface area contributed by atoms with E-state index in [1.54, 1.807) is 0 Å². The lowest BCUT2D eigenvalue weighted by Crippen LogP contribution is -2.28. The van der Waals surface area contributed by atoms with Gasteiger partial charge in [-0.05, 0) is 25.5 Å². The van der Waals surface area contributed by atoms with E-state index in [0.29, 0.717) is 12.6 Å². The van der Waals surface area contributed by atoms with E-state index in [9.17, 15) is 0 Å². The lowest BCUT2D eigenvalue weighted by atomic mass is 10.2. The summed E-state index contributed by atoms with van der Waals surface area (Å²) in [5.41, 5.74) is 1.14. The molecule has 0 bridgehead atoms. The van der Waals surface area contributed by atoms with Crippen LogP contribution < -0.4 is 15.0 Å². The fraction of sp³-hybridized carbons (Fsp3) is 0.615. The Morgan fingerprint density at radius 3 is 3.12 bits per heavy atom. The first kappa shape index (κ1) is 12.2. The second-order valence-corrected chi connectivity index (χ2v) is 4.53. The topological polar surface area (TPSA) is 37.4 Å². The van der Waals surface area contributed by atoms with Crippen LogP contribution in [-0.2, 0) is 6.54 Å². The van der Waals surface area contributed by atoms with E-state index in [1.807, 2.05) is 0 Å². The molecule has 1 aromatic heterocycles. The van der Waals surface area contributed by atoms with E-state index in [0.717, 1.165) is 36.8 Å². The van der Waals surface area contributed by atoms with Crippen LogP contribution in [0.2, 0.25) is 0 Å². The van der Waals surface area contributed by atoms with Crippen LogP contribution in [0.15, 0.2) is 12.1 Å². The minimum atomic E-state index is 0.490. The van der Waals surface area contributed by atoms with Gasteiger partial charge in [0.25, 0.3) is 0 Å². The quantitative estimate of drug-likeness (QED) is 0.867. The summed E-state index contributed by atoms with van der Waals surface area (Å²) in [5.74, 6) is 1.77. The molecule has 0 amide bonds. The molecule has 1 aliphatic heterocycles. The number of aromatic nitrogens is 1. The summed E-state index contributed by atoms with van der Waals surface area (Å²) >= 11 is 0. The third-order valence-electron chi connectivity index (χ3n) is 3.37. The van der Waals surface area contributed by atoms with Crippen molar-refractivity contribution in [2.45, 2.75) is 32.9 Å². The number of fused-ring (bicyclic) bond motifs is 1. The van der Waals surface area contributed by atoms with Crippen LogP contribution in [0.1, 0.15) is 25.8 Å².